The Kier molecular flexibility index (Phi) is 3.71. The maximum atomic E-state index is 4.11. The van der Waals surface area contributed by atoms with Crippen LogP contribution in [0.25, 0.3) is 0 Å². The monoisotopic (exact) mass is 179 g/mol. The van der Waals surface area contributed by atoms with E-state index in [1.54, 1.807) is 0 Å². The predicted molar refractivity (Wildman–Crippen MR) is 55.9 cm³/mol. The number of aromatic nitrogens is 1. The lowest BCUT2D eigenvalue weighted by Crippen LogP contribution is -2.17. The van der Waals surface area contributed by atoms with Gasteiger partial charge in [-0.05, 0) is 12.6 Å². The zero-order valence-electron chi connectivity index (χ0n) is 8.54. The third-order valence-corrected chi connectivity index (χ3v) is 1.93. The fourth-order valence-electron chi connectivity index (χ4n) is 1.25. The van der Waals surface area contributed by atoms with E-state index in [2.05, 4.69) is 22.1 Å². The van der Waals surface area contributed by atoms with Crippen LogP contribution in [0.4, 0.5) is 5.69 Å². The van der Waals surface area contributed by atoms with E-state index in [1.807, 2.05) is 32.6 Å². The van der Waals surface area contributed by atoms with Gasteiger partial charge in [-0.3, -0.25) is 4.98 Å². The minimum absolute atomic E-state index is 0.887. The van der Waals surface area contributed by atoms with E-state index in [-0.39, 0.29) is 0 Å². The van der Waals surface area contributed by atoms with Crippen LogP contribution in [-0.2, 0) is 6.54 Å². The second kappa shape index (κ2) is 4.82. The lowest BCUT2D eigenvalue weighted by molar-refractivity contribution is 0.723. The van der Waals surface area contributed by atoms with Gasteiger partial charge >= 0.3 is 0 Å². The highest BCUT2D eigenvalue weighted by atomic mass is 15.1. The second-order valence-corrected chi connectivity index (χ2v) is 3.18. The minimum atomic E-state index is 0.887. The first-order valence-corrected chi connectivity index (χ1v) is 4.56. The van der Waals surface area contributed by atoms with Crippen LogP contribution in [0.2, 0.25) is 0 Å². The number of rotatable bonds is 4. The lowest BCUT2D eigenvalue weighted by atomic mass is 10.2. The van der Waals surface area contributed by atoms with Crippen LogP contribution < -0.4 is 10.2 Å². The average molecular weight is 179 g/mol. The van der Waals surface area contributed by atoms with Crippen molar-refractivity contribution in [3.8, 4) is 0 Å². The van der Waals surface area contributed by atoms with E-state index in [0.717, 1.165) is 13.1 Å². The lowest BCUT2D eigenvalue weighted by Gasteiger charge is -2.16. The Labute approximate surface area is 79.8 Å². The number of nitrogens with one attached hydrogen (secondary N) is 1. The van der Waals surface area contributed by atoms with Crippen LogP contribution >= 0.6 is 0 Å². The Morgan fingerprint density at radius 3 is 2.85 bits per heavy atom. The van der Waals surface area contributed by atoms with Crippen molar-refractivity contribution >= 4 is 5.69 Å². The summed E-state index contributed by atoms with van der Waals surface area (Å²) in [5.41, 5.74) is 2.48. The van der Waals surface area contributed by atoms with E-state index in [0.29, 0.717) is 0 Å². The van der Waals surface area contributed by atoms with Gasteiger partial charge in [0.15, 0.2) is 0 Å². The van der Waals surface area contributed by atoms with Crippen molar-refractivity contribution in [2.45, 2.75) is 13.5 Å². The molecule has 0 bridgehead atoms. The molecule has 0 aliphatic carbocycles. The molecule has 3 nitrogen and oxygen atoms in total. The fraction of sp³-hybridized carbons (Fsp3) is 0.500. The Bertz CT molecular complexity index is 258. The first-order chi connectivity index (χ1) is 6.25. The third kappa shape index (κ3) is 2.70. The van der Waals surface area contributed by atoms with Crippen molar-refractivity contribution in [2.75, 3.05) is 25.5 Å². The molecule has 0 fully saturated rings. The molecule has 13 heavy (non-hydrogen) atoms. The maximum absolute atomic E-state index is 4.11. The molecular weight excluding hydrogens is 162 g/mol. The number of anilines is 1. The van der Waals surface area contributed by atoms with E-state index in [9.17, 15) is 0 Å². The largest absolute Gasteiger partial charge is 0.377 e. The number of nitrogens with zero attached hydrogens (tertiary/aromatic N) is 2. The molecule has 72 valence electrons. The Morgan fingerprint density at radius 1 is 1.46 bits per heavy atom. The summed E-state index contributed by atoms with van der Waals surface area (Å²) in [5, 5.41) is 3.29. The summed E-state index contributed by atoms with van der Waals surface area (Å²) >= 11 is 0. The fourth-order valence-corrected chi connectivity index (χ4v) is 1.25. The summed E-state index contributed by atoms with van der Waals surface area (Å²) in [6, 6.07) is 2.03. The van der Waals surface area contributed by atoms with Crippen LogP contribution in [0, 0.1) is 0 Å². The Morgan fingerprint density at radius 2 is 2.23 bits per heavy atom. The first kappa shape index (κ1) is 9.99. The SMILES string of the molecule is CCNCc1cnccc1N(C)C. The van der Waals surface area contributed by atoms with E-state index >= 15 is 0 Å². The summed E-state index contributed by atoms with van der Waals surface area (Å²) in [6.45, 7) is 3.98. The van der Waals surface area contributed by atoms with Crippen molar-refractivity contribution in [3.63, 3.8) is 0 Å². The van der Waals surface area contributed by atoms with E-state index in [1.165, 1.54) is 11.3 Å². The van der Waals surface area contributed by atoms with Gasteiger partial charge < -0.3 is 10.2 Å². The van der Waals surface area contributed by atoms with Crippen LogP contribution in [0.3, 0.4) is 0 Å². The topological polar surface area (TPSA) is 28.2 Å². The molecule has 1 rings (SSSR count). The molecule has 0 aromatic carbocycles. The molecule has 0 spiro atoms. The summed E-state index contributed by atoms with van der Waals surface area (Å²) in [7, 11) is 4.09. The maximum Gasteiger partial charge on any atom is 0.0437 e. The number of pyridine rings is 1. The van der Waals surface area contributed by atoms with Crippen LogP contribution in [0.1, 0.15) is 12.5 Å². The summed E-state index contributed by atoms with van der Waals surface area (Å²) in [6.07, 6.45) is 3.74. The molecule has 1 heterocycles. The molecule has 0 saturated carbocycles. The molecule has 0 aliphatic rings. The molecule has 1 aromatic heterocycles. The van der Waals surface area contributed by atoms with Gasteiger partial charge in [0.25, 0.3) is 0 Å². The molecule has 0 amide bonds. The van der Waals surface area contributed by atoms with Crippen LogP contribution in [0.5, 0.6) is 0 Å². The first-order valence-electron chi connectivity index (χ1n) is 4.56. The zero-order valence-corrected chi connectivity index (χ0v) is 8.54. The van der Waals surface area contributed by atoms with Gasteiger partial charge in [-0.25, -0.2) is 0 Å². The molecule has 0 unspecified atom stereocenters. The summed E-state index contributed by atoms with van der Waals surface area (Å²) in [4.78, 5) is 6.22. The van der Waals surface area contributed by atoms with Gasteiger partial charge in [-0.15, -0.1) is 0 Å². The third-order valence-electron chi connectivity index (χ3n) is 1.93. The molecule has 1 aromatic rings. The Hall–Kier alpha value is -1.09. The van der Waals surface area contributed by atoms with Crippen molar-refractivity contribution < 1.29 is 0 Å². The van der Waals surface area contributed by atoms with Gasteiger partial charge in [0.2, 0.25) is 0 Å². The molecule has 0 radical (unpaired) electrons. The zero-order chi connectivity index (χ0) is 9.68. The quantitative estimate of drug-likeness (QED) is 0.754. The van der Waals surface area contributed by atoms with Crippen molar-refractivity contribution in [1.29, 1.82) is 0 Å². The average Bonchev–Trinajstić information content (AvgIpc) is 2.15. The summed E-state index contributed by atoms with van der Waals surface area (Å²) in [5.74, 6) is 0. The van der Waals surface area contributed by atoms with Crippen molar-refractivity contribution in [2.24, 2.45) is 0 Å². The number of hydrogen-bond donors (Lipinski definition) is 1. The molecular formula is C10H17N3. The van der Waals surface area contributed by atoms with E-state index < -0.39 is 0 Å². The van der Waals surface area contributed by atoms with Gasteiger partial charge in [0.05, 0.1) is 0 Å². The normalized spacial score (nSPS) is 10.1. The van der Waals surface area contributed by atoms with Crippen molar-refractivity contribution in [1.82, 2.24) is 10.3 Å². The van der Waals surface area contributed by atoms with Gasteiger partial charge in [0, 0.05) is 44.3 Å². The second-order valence-electron chi connectivity index (χ2n) is 3.18. The van der Waals surface area contributed by atoms with Gasteiger partial charge in [-0.1, -0.05) is 6.92 Å². The minimum Gasteiger partial charge on any atom is -0.377 e. The highest BCUT2D eigenvalue weighted by molar-refractivity contribution is 5.50. The van der Waals surface area contributed by atoms with Gasteiger partial charge in [0.1, 0.15) is 0 Å². The van der Waals surface area contributed by atoms with Crippen molar-refractivity contribution in [3.05, 3.63) is 24.0 Å². The molecule has 0 atom stereocenters. The predicted octanol–water partition coefficient (Wildman–Crippen LogP) is 1.26. The number of hydrogen-bond acceptors (Lipinski definition) is 3. The molecule has 0 aliphatic heterocycles. The van der Waals surface area contributed by atoms with Gasteiger partial charge in [-0.2, -0.15) is 0 Å². The highest BCUT2D eigenvalue weighted by Crippen LogP contribution is 2.15. The Balaban J connectivity index is 2.78. The van der Waals surface area contributed by atoms with Crippen LogP contribution in [-0.4, -0.2) is 25.6 Å². The highest BCUT2D eigenvalue weighted by Gasteiger charge is 2.02. The summed E-state index contributed by atoms with van der Waals surface area (Å²) < 4.78 is 0. The smallest absolute Gasteiger partial charge is 0.0437 e. The molecule has 0 saturated heterocycles. The molecule has 1 N–H and O–H groups in total. The van der Waals surface area contributed by atoms with E-state index in [4.69, 9.17) is 0 Å². The standard InChI is InChI=1S/C10H17N3/c1-4-11-7-9-8-12-6-5-10(9)13(2)3/h5-6,8,11H,4,7H2,1-3H3. The molecule has 3 heteroatoms. The van der Waals surface area contributed by atoms with Crippen LogP contribution in [0.15, 0.2) is 18.5 Å².